The number of pyridine rings is 1. The van der Waals surface area contributed by atoms with E-state index in [0.29, 0.717) is 5.02 Å². The Morgan fingerprint density at radius 1 is 1.14 bits per heavy atom. The highest BCUT2D eigenvalue weighted by Crippen LogP contribution is 2.33. The van der Waals surface area contributed by atoms with E-state index >= 15 is 0 Å². The van der Waals surface area contributed by atoms with Crippen LogP contribution in [-0.2, 0) is 19.1 Å². The summed E-state index contributed by atoms with van der Waals surface area (Å²) in [6, 6.07) is 10.8. The maximum atomic E-state index is 13.7. The first-order valence-electron chi connectivity index (χ1n) is 12.5. The molecule has 1 aliphatic heterocycles. The molecular weight excluding hydrogens is 611 g/mol. The Balaban J connectivity index is 1.44. The summed E-state index contributed by atoms with van der Waals surface area (Å²) >= 11 is 12.5. The first-order valence-corrected chi connectivity index (χ1v) is 14.6. The van der Waals surface area contributed by atoms with Gasteiger partial charge < -0.3 is 14.4 Å². The Labute approximate surface area is 250 Å². The van der Waals surface area contributed by atoms with Crippen LogP contribution < -0.4 is 10.3 Å². The molecule has 2 heterocycles. The van der Waals surface area contributed by atoms with Crippen molar-refractivity contribution in [2.45, 2.75) is 36.2 Å². The zero-order valence-corrected chi connectivity index (χ0v) is 24.1. The number of benzene rings is 2. The lowest BCUT2D eigenvalue weighted by molar-refractivity contribution is -0.385. The average Bonchev–Trinajstić information content (AvgIpc) is 3.73. The SMILES string of the molecule is CN(C(=O)c1cc(Cl)ccc1NC(=O)C1CC(OS(=O)(=O)c2cccc([N+](=O)[O-])c2)=NN1c1ncccc1Cl)C1CC1. The van der Waals surface area contributed by atoms with Crippen LogP contribution in [0.2, 0.25) is 10.0 Å². The number of non-ortho nitro benzene ring substituents is 1. The number of hydrazone groups is 1. The molecule has 0 saturated heterocycles. The molecule has 42 heavy (non-hydrogen) atoms. The van der Waals surface area contributed by atoms with Crippen LogP contribution in [0.15, 0.2) is 70.8 Å². The van der Waals surface area contributed by atoms with E-state index in [4.69, 9.17) is 27.4 Å². The Morgan fingerprint density at radius 2 is 1.90 bits per heavy atom. The van der Waals surface area contributed by atoms with Crippen LogP contribution in [0.4, 0.5) is 17.2 Å². The number of hydrogen-bond acceptors (Lipinski definition) is 10. The molecule has 1 aromatic heterocycles. The van der Waals surface area contributed by atoms with Gasteiger partial charge in [0.15, 0.2) is 5.82 Å². The number of nitro groups is 1. The van der Waals surface area contributed by atoms with Gasteiger partial charge in [-0.3, -0.25) is 19.7 Å². The van der Waals surface area contributed by atoms with Gasteiger partial charge in [-0.05, 0) is 49.2 Å². The van der Waals surface area contributed by atoms with Crippen molar-refractivity contribution in [3.8, 4) is 0 Å². The van der Waals surface area contributed by atoms with Crippen LogP contribution in [0.3, 0.4) is 0 Å². The monoisotopic (exact) mass is 632 g/mol. The highest BCUT2D eigenvalue weighted by molar-refractivity contribution is 7.87. The van der Waals surface area contributed by atoms with Gasteiger partial charge in [0.1, 0.15) is 10.9 Å². The minimum Gasteiger partial charge on any atom is -0.361 e. The van der Waals surface area contributed by atoms with Gasteiger partial charge in [-0.25, -0.2) is 9.99 Å². The fraction of sp³-hybridized carbons (Fsp3) is 0.231. The highest BCUT2D eigenvalue weighted by atomic mass is 35.5. The molecule has 1 unspecified atom stereocenters. The summed E-state index contributed by atoms with van der Waals surface area (Å²) in [7, 11) is -2.90. The van der Waals surface area contributed by atoms with Crippen LogP contribution in [0.25, 0.3) is 0 Å². The number of amides is 2. The number of anilines is 2. The Bertz CT molecular complexity index is 1730. The summed E-state index contributed by atoms with van der Waals surface area (Å²) in [5, 5.41) is 19.6. The molecule has 0 bridgehead atoms. The number of hydrogen-bond donors (Lipinski definition) is 1. The van der Waals surface area contributed by atoms with Gasteiger partial charge in [-0.2, -0.15) is 8.42 Å². The molecule has 13 nitrogen and oxygen atoms in total. The molecule has 0 radical (unpaired) electrons. The third kappa shape index (κ3) is 6.15. The smallest absolute Gasteiger partial charge is 0.340 e. The van der Waals surface area contributed by atoms with E-state index in [1.165, 1.54) is 36.5 Å². The van der Waals surface area contributed by atoms with Crippen molar-refractivity contribution in [1.29, 1.82) is 0 Å². The Kier molecular flexibility index (Phi) is 8.03. The lowest BCUT2D eigenvalue weighted by Gasteiger charge is -2.23. The molecule has 5 rings (SSSR count). The number of nitro benzene ring substituents is 1. The lowest BCUT2D eigenvalue weighted by atomic mass is 10.1. The molecule has 1 saturated carbocycles. The second-order valence-corrected chi connectivity index (χ2v) is 11.9. The highest BCUT2D eigenvalue weighted by Gasteiger charge is 2.39. The van der Waals surface area contributed by atoms with Crippen molar-refractivity contribution >= 4 is 68.2 Å². The molecule has 1 fully saturated rings. The number of carbonyl (C=O) groups is 2. The van der Waals surface area contributed by atoms with Crippen molar-refractivity contribution < 1.29 is 27.1 Å². The molecule has 16 heteroatoms. The maximum absolute atomic E-state index is 13.7. The third-order valence-electron chi connectivity index (χ3n) is 6.55. The number of nitrogens with one attached hydrogen (secondary N) is 1. The molecule has 2 amide bonds. The van der Waals surface area contributed by atoms with Crippen molar-refractivity contribution in [2.24, 2.45) is 5.10 Å². The molecule has 218 valence electrons. The van der Waals surface area contributed by atoms with E-state index in [1.54, 1.807) is 18.0 Å². The maximum Gasteiger partial charge on any atom is 0.340 e. The van der Waals surface area contributed by atoms with Gasteiger partial charge in [0, 0.05) is 36.4 Å². The van der Waals surface area contributed by atoms with Gasteiger partial charge in [0.05, 0.1) is 27.6 Å². The van der Waals surface area contributed by atoms with Gasteiger partial charge in [0.2, 0.25) is 11.8 Å². The molecular formula is C26H22Cl2N6O7S. The van der Waals surface area contributed by atoms with E-state index in [-0.39, 0.29) is 46.4 Å². The first-order chi connectivity index (χ1) is 19.9. The van der Waals surface area contributed by atoms with Gasteiger partial charge in [0.25, 0.3) is 11.6 Å². The molecule has 1 atom stereocenters. The number of carbonyl (C=O) groups excluding carboxylic acids is 2. The molecule has 2 aliphatic rings. The zero-order valence-electron chi connectivity index (χ0n) is 21.8. The quantitative estimate of drug-likeness (QED) is 0.214. The summed E-state index contributed by atoms with van der Waals surface area (Å²) in [6.45, 7) is 0. The number of nitrogens with zero attached hydrogens (tertiary/aromatic N) is 5. The lowest BCUT2D eigenvalue weighted by Crippen LogP contribution is -2.39. The van der Waals surface area contributed by atoms with E-state index in [0.717, 1.165) is 36.0 Å². The molecule has 1 aliphatic carbocycles. The number of rotatable bonds is 8. The standard InChI is InChI=1S/C26H22Cl2N6O7S/c1-32(16-8-9-16)26(36)19-12-15(27)7-10-21(19)30-25(35)22-14-23(31-33(22)24-20(28)6-3-11-29-24)41-42(39,40)18-5-2-4-17(13-18)34(37)38/h2-7,10-13,16,22H,8-9,14H2,1H3,(H,30,35). The van der Waals surface area contributed by atoms with Crippen LogP contribution in [-0.4, -0.2) is 60.1 Å². The third-order valence-corrected chi connectivity index (χ3v) is 8.32. The van der Waals surface area contributed by atoms with Crippen molar-refractivity contribution in [3.05, 3.63) is 86.5 Å². The van der Waals surface area contributed by atoms with E-state index < -0.39 is 37.6 Å². The Hall–Kier alpha value is -4.27. The van der Waals surface area contributed by atoms with Crippen LogP contribution >= 0.6 is 23.2 Å². The van der Waals surface area contributed by atoms with Crippen molar-refractivity contribution in [2.75, 3.05) is 17.4 Å². The van der Waals surface area contributed by atoms with Crippen molar-refractivity contribution in [1.82, 2.24) is 9.88 Å². The predicted molar refractivity (Wildman–Crippen MR) is 154 cm³/mol. The minimum absolute atomic E-state index is 0.0477. The summed E-state index contributed by atoms with van der Waals surface area (Å²) in [6.07, 6.45) is 2.83. The molecule has 1 N–H and O–H groups in total. The average molecular weight is 633 g/mol. The fourth-order valence-corrected chi connectivity index (χ4v) is 5.58. The number of aromatic nitrogens is 1. The largest absolute Gasteiger partial charge is 0.361 e. The molecule has 2 aromatic carbocycles. The topological polar surface area (TPSA) is 164 Å². The van der Waals surface area contributed by atoms with Crippen LogP contribution in [0, 0.1) is 10.1 Å². The Morgan fingerprint density at radius 3 is 2.60 bits per heavy atom. The van der Waals surface area contributed by atoms with E-state index in [2.05, 4.69) is 15.4 Å². The van der Waals surface area contributed by atoms with E-state index in [1.807, 2.05) is 0 Å². The second kappa shape index (κ2) is 11.5. The predicted octanol–water partition coefficient (Wildman–Crippen LogP) is 4.47. The van der Waals surface area contributed by atoms with Gasteiger partial charge >= 0.3 is 10.1 Å². The zero-order chi connectivity index (χ0) is 30.2. The molecule has 3 aromatic rings. The normalized spacial score (nSPS) is 16.5. The van der Waals surface area contributed by atoms with Gasteiger partial charge in [-0.15, -0.1) is 5.10 Å². The van der Waals surface area contributed by atoms with Crippen LogP contribution in [0.5, 0.6) is 0 Å². The summed E-state index contributed by atoms with van der Waals surface area (Å²) in [4.78, 5) is 42.5. The first kappa shape index (κ1) is 29.2. The van der Waals surface area contributed by atoms with E-state index in [9.17, 15) is 28.1 Å². The van der Waals surface area contributed by atoms with Crippen molar-refractivity contribution in [3.63, 3.8) is 0 Å². The van der Waals surface area contributed by atoms with Crippen LogP contribution in [0.1, 0.15) is 29.6 Å². The second-order valence-electron chi connectivity index (χ2n) is 9.49. The summed E-state index contributed by atoms with van der Waals surface area (Å²) < 4.78 is 31.2. The molecule has 0 spiro atoms. The minimum atomic E-state index is -4.57. The van der Waals surface area contributed by atoms with Gasteiger partial charge in [-0.1, -0.05) is 29.3 Å². The number of halogens is 2. The fourth-order valence-electron chi connectivity index (χ4n) is 4.24. The summed E-state index contributed by atoms with van der Waals surface area (Å²) in [5.41, 5.74) is -0.0864. The summed E-state index contributed by atoms with van der Waals surface area (Å²) in [5.74, 6) is -1.33.